The van der Waals surface area contributed by atoms with Crippen LogP contribution in [0.5, 0.6) is 0 Å². The van der Waals surface area contributed by atoms with Crippen LogP contribution in [0.1, 0.15) is 26.2 Å². The Hall–Kier alpha value is -0.640. The molecule has 0 bridgehead atoms. The quantitative estimate of drug-likeness (QED) is 0.712. The number of hydrogen-bond acceptors (Lipinski definition) is 2. The molecule has 4 heteroatoms. The summed E-state index contributed by atoms with van der Waals surface area (Å²) in [7, 11) is 0. The number of carbonyl (C=O) groups is 1. The highest BCUT2D eigenvalue weighted by atomic mass is 19.1. The Kier molecular flexibility index (Phi) is 4.32. The van der Waals surface area contributed by atoms with Gasteiger partial charge < -0.3 is 11.1 Å². The van der Waals surface area contributed by atoms with E-state index in [1.165, 1.54) is 0 Å². The summed E-state index contributed by atoms with van der Waals surface area (Å²) in [5.74, 6) is 0.419. The summed E-state index contributed by atoms with van der Waals surface area (Å²) in [6.45, 7) is 1.71. The molecule has 0 heterocycles. The summed E-state index contributed by atoms with van der Waals surface area (Å²) in [6.07, 6.45) is 2.57. The van der Waals surface area contributed by atoms with Gasteiger partial charge in [0.15, 0.2) is 0 Å². The van der Waals surface area contributed by atoms with Crippen molar-refractivity contribution in [1.29, 1.82) is 0 Å². The van der Waals surface area contributed by atoms with Crippen LogP contribution in [0.3, 0.4) is 0 Å². The van der Waals surface area contributed by atoms with Crippen molar-refractivity contribution in [1.82, 2.24) is 5.32 Å². The Balaban J connectivity index is 2.34. The lowest BCUT2D eigenvalue weighted by molar-refractivity contribution is -0.126. The van der Waals surface area contributed by atoms with Gasteiger partial charge in [0.1, 0.15) is 6.67 Å². The van der Waals surface area contributed by atoms with Crippen LogP contribution in [0.2, 0.25) is 0 Å². The summed E-state index contributed by atoms with van der Waals surface area (Å²) in [6, 6.07) is 0.222. The van der Waals surface area contributed by atoms with Crippen LogP contribution in [-0.4, -0.2) is 25.2 Å². The highest BCUT2D eigenvalue weighted by Gasteiger charge is 2.29. The van der Waals surface area contributed by atoms with E-state index in [0.717, 1.165) is 19.3 Å². The van der Waals surface area contributed by atoms with Crippen molar-refractivity contribution in [2.45, 2.75) is 32.2 Å². The van der Waals surface area contributed by atoms with Gasteiger partial charge in [0.2, 0.25) is 5.91 Å². The molecule has 1 saturated carbocycles. The average Bonchev–Trinajstić information content (AvgIpc) is 2.18. The van der Waals surface area contributed by atoms with E-state index in [4.69, 9.17) is 5.73 Å². The molecule has 0 radical (unpaired) electrons. The Bertz CT molecular complexity index is 199. The zero-order chi connectivity index (χ0) is 10.6. The zero-order valence-electron chi connectivity index (χ0n) is 8.63. The van der Waals surface area contributed by atoms with Gasteiger partial charge in [0.05, 0.1) is 0 Å². The van der Waals surface area contributed by atoms with E-state index < -0.39 is 6.67 Å². The lowest BCUT2D eigenvalue weighted by Crippen LogP contribution is -2.40. The molecule has 1 fully saturated rings. The molecule has 1 aliphatic rings. The molecule has 0 aromatic carbocycles. The molecule has 0 aliphatic heterocycles. The first kappa shape index (κ1) is 11.4. The largest absolute Gasteiger partial charge is 0.353 e. The Labute approximate surface area is 84.2 Å². The fourth-order valence-corrected chi connectivity index (χ4v) is 1.97. The van der Waals surface area contributed by atoms with E-state index in [1.807, 2.05) is 0 Å². The van der Waals surface area contributed by atoms with E-state index in [1.54, 1.807) is 0 Å². The molecule has 1 rings (SSSR count). The van der Waals surface area contributed by atoms with Gasteiger partial charge in [-0.25, -0.2) is 4.39 Å². The van der Waals surface area contributed by atoms with Crippen molar-refractivity contribution in [2.24, 2.45) is 17.6 Å². The fourth-order valence-electron chi connectivity index (χ4n) is 1.97. The summed E-state index contributed by atoms with van der Waals surface area (Å²) < 4.78 is 11.8. The third-order valence-corrected chi connectivity index (χ3v) is 3.00. The molecule has 14 heavy (non-hydrogen) atoms. The lowest BCUT2D eigenvalue weighted by atomic mass is 9.79. The van der Waals surface area contributed by atoms with Crippen LogP contribution in [0.4, 0.5) is 4.39 Å². The van der Waals surface area contributed by atoms with Crippen LogP contribution in [0, 0.1) is 11.8 Å². The number of amides is 1. The number of halogens is 1. The molecule has 0 aromatic rings. The molecule has 3 N–H and O–H groups in total. The predicted molar refractivity (Wildman–Crippen MR) is 53.5 cm³/mol. The summed E-state index contributed by atoms with van der Waals surface area (Å²) in [5, 5.41) is 2.58. The molecule has 82 valence electrons. The first-order valence-electron chi connectivity index (χ1n) is 5.24. The molecule has 1 aliphatic carbocycles. The highest BCUT2D eigenvalue weighted by Crippen LogP contribution is 2.27. The van der Waals surface area contributed by atoms with Gasteiger partial charge in [-0.2, -0.15) is 0 Å². The second-order valence-electron chi connectivity index (χ2n) is 4.13. The van der Waals surface area contributed by atoms with Crippen LogP contribution in [-0.2, 0) is 4.79 Å². The van der Waals surface area contributed by atoms with Crippen LogP contribution in [0.15, 0.2) is 0 Å². The van der Waals surface area contributed by atoms with Gasteiger partial charge in [-0.1, -0.05) is 6.92 Å². The molecule has 0 spiro atoms. The van der Waals surface area contributed by atoms with Crippen molar-refractivity contribution < 1.29 is 9.18 Å². The molecule has 0 saturated heterocycles. The van der Waals surface area contributed by atoms with Gasteiger partial charge in [-0.15, -0.1) is 0 Å². The Morgan fingerprint density at radius 2 is 2.29 bits per heavy atom. The first-order valence-corrected chi connectivity index (χ1v) is 5.24. The molecular formula is C10H19FN2O. The van der Waals surface area contributed by atoms with Gasteiger partial charge in [0.25, 0.3) is 0 Å². The maximum absolute atomic E-state index is 11.8. The van der Waals surface area contributed by atoms with E-state index in [0.29, 0.717) is 5.92 Å². The SMILES string of the molecule is CC1CC(C(=O)NCCF)CCC1N. The standard InChI is InChI=1S/C10H19FN2O/c1-7-6-8(2-3-9(7)12)10(14)13-5-4-11/h7-9H,2-6,12H2,1H3,(H,13,14). The summed E-state index contributed by atoms with van der Waals surface area (Å²) in [5.41, 5.74) is 5.85. The number of nitrogens with one attached hydrogen (secondary N) is 1. The number of rotatable bonds is 3. The third-order valence-electron chi connectivity index (χ3n) is 3.00. The van der Waals surface area contributed by atoms with E-state index in [-0.39, 0.29) is 24.4 Å². The Morgan fingerprint density at radius 1 is 1.57 bits per heavy atom. The van der Waals surface area contributed by atoms with Crippen molar-refractivity contribution in [3.05, 3.63) is 0 Å². The number of hydrogen-bond donors (Lipinski definition) is 2. The van der Waals surface area contributed by atoms with Crippen molar-refractivity contribution in [3.8, 4) is 0 Å². The second kappa shape index (κ2) is 5.29. The molecule has 3 unspecified atom stereocenters. The van der Waals surface area contributed by atoms with Gasteiger partial charge >= 0.3 is 0 Å². The predicted octanol–water partition coefficient (Wildman–Crippen LogP) is 0.836. The van der Waals surface area contributed by atoms with Crippen molar-refractivity contribution in [2.75, 3.05) is 13.2 Å². The maximum atomic E-state index is 11.8. The number of nitrogens with two attached hydrogens (primary N) is 1. The van der Waals surface area contributed by atoms with Crippen LogP contribution < -0.4 is 11.1 Å². The third kappa shape index (κ3) is 2.94. The fraction of sp³-hybridized carbons (Fsp3) is 0.900. The summed E-state index contributed by atoms with van der Waals surface area (Å²) >= 11 is 0. The van der Waals surface area contributed by atoms with Gasteiger partial charge in [-0.3, -0.25) is 4.79 Å². The number of alkyl halides is 1. The monoisotopic (exact) mass is 202 g/mol. The van der Waals surface area contributed by atoms with Gasteiger partial charge in [-0.05, 0) is 25.2 Å². The lowest BCUT2D eigenvalue weighted by Gasteiger charge is -2.30. The minimum atomic E-state index is -0.493. The van der Waals surface area contributed by atoms with E-state index >= 15 is 0 Å². The molecule has 1 amide bonds. The molecular weight excluding hydrogens is 183 g/mol. The molecule has 3 atom stereocenters. The number of carbonyl (C=O) groups excluding carboxylic acids is 1. The first-order chi connectivity index (χ1) is 6.65. The highest BCUT2D eigenvalue weighted by molar-refractivity contribution is 5.78. The van der Waals surface area contributed by atoms with Crippen LogP contribution in [0.25, 0.3) is 0 Å². The topological polar surface area (TPSA) is 55.1 Å². The van der Waals surface area contributed by atoms with Crippen LogP contribution >= 0.6 is 0 Å². The smallest absolute Gasteiger partial charge is 0.223 e. The van der Waals surface area contributed by atoms with E-state index in [2.05, 4.69) is 12.2 Å². The average molecular weight is 202 g/mol. The van der Waals surface area contributed by atoms with Crippen molar-refractivity contribution in [3.63, 3.8) is 0 Å². The van der Waals surface area contributed by atoms with Crippen molar-refractivity contribution >= 4 is 5.91 Å². The normalized spacial score (nSPS) is 32.6. The second-order valence-corrected chi connectivity index (χ2v) is 4.13. The maximum Gasteiger partial charge on any atom is 0.223 e. The Morgan fingerprint density at radius 3 is 2.86 bits per heavy atom. The van der Waals surface area contributed by atoms with E-state index in [9.17, 15) is 9.18 Å². The molecule has 0 aromatic heterocycles. The molecule has 3 nitrogen and oxygen atoms in total. The summed E-state index contributed by atoms with van der Waals surface area (Å²) in [4.78, 5) is 11.5. The zero-order valence-corrected chi connectivity index (χ0v) is 8.63. The minimum absolute atomic E-state index is 0.0126. The van der Waals surface area contributed by atoms with Gasteiger partial charge in [0, 0.05) is 18.5 Å². The minimum Gasteiger partial charge on any atom is -0.353 e.